The molecule has 0 aliphatic heterocycles. The minimum atomic E-state index is 0.757. The summed E-state index contributed by atoms with van der Waals surface area (Å²) in [5, 5.41) is 3.73. The molecule has 16 heavy (non-hydrogen) atoms. The highest BCUT2D eigenvalue weighted by molar-refractivity contribution is 4.89. The van der Waals surface area contributed by atoms with Gasteiger partial charge in [-0.15, -0.1) is 0 Å². The Bertz CT molecular complexity index is 195. The summed E-state index contributed by atoms with van der Waals surface area (Å²) in [5.74, 6) is 0.952. The van der Waals surface area contributed by atoms with E-state index < -0.39 is 0 Å². The van der Waals surface area contributed by atoms with Crippen molar-refractivity contribution < 1.29 is 0 Å². The maximum absolute atomic E-state index is 3.73. The van der Waals surface area contributed by atoms with Crippen LogP contribution >= 0.6 is 0 Å². The van der Waals surface area contributed by atoms with Gasteiger partial charge in [0.05, 0.1) is 0 Å². The average molecular weight is 224 g/mol. The van der Waals surface area contributed by atoms with Gasteiger partial charge in [0.2, 0.25) is 0 Å². The Kier molecular flexibility index (Phi) is 4.66. The lowest BCUT2D eigenvalue weighted by Gasteiger charge is -2.30. The summed E-state index contributed by atoms with van der Waals surface area (Å²) in [5.41, 5.74) is 0. The second-order valence-electron chi connectivity index (χ2n) is 5.53. The van der Waals surface area contributed by atoms with Gasteiger partial charge in [-0.2, -0.15) is 0 Å². The molecule has 0 aromatic heterocycles. The molecule has 0 amide bonds. The Hall–Kier alpha value is -0.0800. The van der Waals surface area contributed by atoms with Gasteiger partial charge in [-0.05, 0) is 44.7 Å². The lowest BCUT2D eigenvalue weighted by molar-refractivity contribution is 0.209. The summed E-state index contributed by atoms with van der Waals surface area (Å²) in [7, 11) is 0. The first-order valence-corrected chi connectivity index (χ1v) is 7.32. The number of hydrogen-bond acceptors (Lipinski definition) is 2. The molecule has 2 saturated carbocycles. The van der Waals surface area contributed by atoms with Crippen molar-refractivity contribution in [1.29, 1.82) is 0 Å². The van der Waals surface area contributed by atoms with Gasteiger partial charge in [0.15, 0.2) is 0 Å². The van der Waals surface area contributed by atoms with Crippen LogP contribution < -0.4 is 5.32 Å². The van der Waals surface area contributed by atoms with E-state index in [0.29, 0.717) is 0 Å². The summed E-state index contributed by atoms with van der Waals surface area (Å²) in [4.78, 5) is 2.70. The fourth-order valence-corrected chi connectivity index (χ4v) is 3.23. The van der Waals surface area contributed by atoms with E-state index >= 15 is 0 Å². The van der Waals surface area contributed by atoms with Crippen molar-refractivity contribution in [2.45, 2.75) is 64.5 Å². The van der Waals surface area contributed by atoms with Crippen molar-refractivity contribution in [1.82, 2.24) is 10.2 Å². The molecule has 2 rings (SSSR count). The zero-order chi connectivity index (χ0) is 11.4. The van der Waals surface area contributed by atoms with Gasteiger partial charge in [-0.25, -0.2) is 0 Å². The maximum atomic E-state index is 3.73. The second-order valence-corrected chi connectivity index (χ2v) is 5.53. The summed E-state index contributed by atoms with van der Waals surface area (Å²) in [6, 6.07) is 1.68. The van der Waals surface area contributed by atoms with Gasteiger partial charge < -0.3 is 5.32 Å². The highest BCUT2D eigenvalue weighted by atomic mass is 15.2. The molecule has 94 valence electrons. The van der Waals surface area contributed by atoms with E-state index in [9.17, 15) is 0 Å². The molecule has 2 aliphatic rings. The van der Waals surface area contributed by atoms with Crippen molar-refractivity contribution >= 4 is 0 Å². The van der Waals surface area contributed by atoms with Crippen molar-refractivity contribution in [2.24, 2.45) is 5.92 Å². The van der Waals surface area contributed by atoms with Gasteiger partial charge in [0, 0.05) is 18.6 Å². The topological polar surface area (TPSA) is 15.3 Å². The van der Waals surface area contributed by atoms with Gasteiger partial charge in [0.1, 0.15) is 0 Å². The van der Waals surface area contributed by atoms with Crippen LogP contribution in [0.4, 0.5) is 0 Å². The minimum absolute atomic E-state index is 0.757. The summed E-state index contributed by atoms with van der Waals surface area (Å²) in [6.45, 7) is 8.22. The minimum Gasteiger partial charge on any atom is -0.313 e. The second kappa shape index (κ2) is 6.02. The molecule has 2 heteroatoms. The molecule has 0 aromatic carbocycles. The van der Waals surface area contributed by atoms with Crippen LogP contribution in [0.2, 0.25) is 0 Å². The van der Waals surface area contributed by atoms with Crippen LogP contribution in [0.15, 0.2) is 0 Å². The average Bonchev–Trinajstić information content (AvgIpc) is 2.99. The van der Waals surface area contributed by atoms with Crippen LogP contribution in [-0.2, 0) is 0 Å². The predicted molar refractivity (Wildman–Crippen MR) is 69.7 cm³/mol. The summed E-state index contributed by atoms with van der Waals surface area (Å²) < 4.78 is 0. The third-order valence-electron chi connectivity index (χ3n) is 4.34. The lowest BCUT2D eigenvalue weighted by atomic mass is 9.97. The normalized spacial score (nSPS) is 24.2. The molecule has 0 spiro atoms. The molecule has 1 unspecified atom stereocenters. The third kappa shape index (κ3) is 3.21. The van der Waals surface area contributed by atoms with Gasteiger partial charge in [-0.3, -0.25) is 4.90 Å². The van der Waals surface area contributed by atoms with E-state index in [2.05, 4.69) is 24.1 Å². The van der Waals surface area contributed by atoms with Crippen molar-refractivity contribution in [2.75, 3.05) is 19.6 Å². The Morgan fingerprint density at radius 2 is 1.81 bits per heavy atom. The van der Waals surface area contributed by atoms with Gasteiger partial charge in [0.25, 0.3) is 0 Å². The molecule has 1 atom stereocenters. The first-order chi connectivity index (χ1) is 7.85. The fraction of sp³-hybridized carbons (Fsp3) is 1.00. The molecule has 2 nitrogen and oxygen atoms in total. The number of nitrogens with one attached hydrogen (secondary N) is 1. The van der Waals surface area contributed by atoms with Crippen LogP contribution in [0.25, 0.3) is 0 Å². The van der Waals surface area contributed by atoms with Crippen molar-refractivity contribution in [3.8, 4) is 0 Å². The first kappa shape index (κ1) is 12.4. The van der Waals surface area contributed by atoms with E-state index in [4.69, 9.17) is 0 Å². The highest BCUT2D eigenvalue weighted by Crippen LogP contribution is 2.31. The molecular formula is C14H28N2. The molecule has 0 bridgehead atoms. The monoisotopic (exact) mass is 224 g/mol. The number of nitrogens with zero attached hydrogens (tertiary/aromatic N) is 1. The van der Waals surface area contributed by atoms with Crippen LogP contribution in [0.5, 0.6) is 0 Å². The zero-order valence-corrected chi connectivity index (χ0v) is 11.0. The molecule has 1 N–H and O–H groups in total. The predicted octanol–water partition coefficient (Wildman–Crippen LogP) is 2.64. The van der Waals surface area contributed by atoms with Gasteiger partial charge >= 0.3 is 0 Å². The van der Waals surface area contributed by atoms with E-state index in [-0.39, 0.29) is 0 Å². The SMILES string of the molecule is CCNC(CN(CC)C1CC1)C1CCCC1. The van der Waals surface area contributed by atoms with Crippen LogP contribution in [0, 0.1) is 5.92 Å². The van der Waals surface area contributed by atoms with E-state index in [1.807, 2.05) is 0 Å². The third-order valence-corrected chi connectivity index (χ3v) is 4.34. The summed E-state index contributed by atoms with van der Waals surface area (Å²) >= 11 is 0. The van der Waals surface area contributed by atoms with E-state index in [1.165, 1.54) is 51.6 Å². The van der Waals surface area contributed by atoms with E-state index in [0.717, 1.165) is 24.5 Å². The lowest BCUT2D eigenvalue weighted by Crippen LogP contribution is -2.45. The fourth-order valence-electron chi connectivity index (χ4n) is 3.23. The molecule has 2 fully saturated rings. The van der Waals surface area contributed by atoms with Crippen LogP contribution in [0.3, 0.4) is 0 Å². The summed E-state index contributed by atoms with van der Waals surface area (Å²) in [6.07, 6.45) is 8.72. The highest BCUT2D eigenvalue weighted by Gasteiger charge is 2.32. The smallest absolute Gasteiger partial charge is 0.0223 e. The molecule has 2 aliphatic carbocycles. The van der Waals surface area contributed by atoms with Crippen LogP contribution in [0.1, 0.15) is 52.4 Å². The zero-order valence-electron chi connectivity index (χ0n) is 11.0. The largest absolute Gasteiger partial charge is 0.313 e. The standard InChI is InChI=1S/C14H28N2/c1-3-15-14(12-7-5-6-8-12)11-16(4-2)13-9-10-13/h12-15H,3-11H2,1-2H3. The molecule has 0 aromatic rings. The Morgan fingerprint density at radius 3 is 2.31 bits per heavy atom. The van der Waals surface area contributed by atoms with Crippen molar-refractivity contribution in [3.63, 3.8) is 0 Å². The van der Waals surface area contributed by atoms with Gasteiger partial charge in [-0.1, -0.05) is 26.7 Å². The maximum Gasteiger partial charge on any atom is 0.0223 e. The number of hydrogen-bond donors (Lipinski definition) is 1. The molecule has 0 heterocycles. The molecule has 0 saturated heterocycles. The Morgan fingerprint density at radius 1 is 1.12 bits per heavy atom. The van der Waals surface area contributed by atoms with Crippen LogP contribution in [-0.4, -0.2) is 36.6 Å². The first-order valence-electron chi connectivity index (χ1n) is 7.32. The molecule has 0 radical (unpaired) electrons. The molecular weight excluding hydrogens is 196 g/mol. The number of likely N-dealkylation sites (N-methyl/N-ethyl adjacent to an activating group) is 2. The van der Waals surface area contributed by atoms with Crippen molar-refractivity contribution in [3.05, 3.63) is 0 Å². The van der Waals surface area contributed by atoms with E-state index in [1.54, 1.807) is 0 Å². The number of rotatable bonds is 7. The quantitative estimate of drug-likeness (QED) is 0.715. The Labute approximate surface area is 101 Å². The Balaban J connectivity index is 1.84.